The van der Waals surface area contributed by atoms with Crippen LogP contribution in [0.25, 0.3) is 11.0 Å². The first-order chi connectivity index (χ1) is 16.7. The third-order valence-electron chi connectivity index (χ3n) is 7.10. The second kappa shape index (κ2) is 9.13. The summed E-state index contributed by atoms with van der Waals surface area (Å²) in [5.74, 6) is 2.03. The van der Waals surface area contributed by atoms with Crippen molar-refractivity contribution in [2.75, 3.05) is 36.5 Å². The van der Waals surface area contributed by atoms with Crippen molar-refractivity contribution in [2.45, 2.75) is 44.6 Å². The Bertz CT molecular complexity index is 1200. The van der Waals surface area contributed by atoms with E-state index in [2.05, 4.69) is 42.3 Å². The zero-order chi connectivity index (χ0) is 22.9. The number of aromatic nitrogens is 4. The Kier molecular flexibility index (Phi) is 5.70. The second-order valence-electron chi connectivity index (χ2n) is 9.30. The van der Waals surface area contributed by atoms with Gasteiger partial charge in [-0.05, 0) is 44.1 Å². The molecule has 176 valence electrons. The van der Waals surface area contributed by atoms with Crippen LogP contribution in [-0.2, 0) is 22.4 Å². The summed E-state index contributed by atoms with van der Waals surface area (Å²) in [6.45, 7) is 3.20. The number of anilines is 2. The maximum absolute atomic E-state index is 11.8. The van der Waals surface area contributed by atoms with Crippen molar-refractivity contribution in [3.8, 4) is 5.75 Å². The Balaban J connectivity index is 1.14. The highest BCUT2D eigenvalue weighted by Crippen LogP contribution is 2.35. The van der Waals surface area contributed by atoms with E-state index >= 15 is 0 Å². The molecule has 2 fully saturated rings. The van der Waals surface area contributed by atoms with Crippen LogP contribution in [0.3, 0.4) is 0 Å². The van der Waals surface area contributed by atoms with Gasteiger partial charge in [-0.15, -0.1) is 0 Å². The van der Waals surface area contributed by atoms with Crippen LogP contribution in [0.15, 0.2) is 30.9 Å². The van der Waals surface area contributed by atoms with E-state index in [0.29, 0.717) is 18.2 Å². The quantitative estimate of drug-likeness (QED) is 0.620. The molecule has 1 aliphatic carbocycles. The summed E-state index contributed by atoms with van der Waals surface area (Å²) >= 11 is 0. The average Bonchev–Trinajstić information content (AvgIpc) is 3.27. The van der Waals surface area contributed by atoms with Crippen molar-refractivity contribution in [3.05, 3.63) is 42.1 Å². The fourth-order valence-corrected chi connectivity index (χ4v) is 5.28. The van der Waals surface area contributed by atoms with E-state index in [1.165, 1.54) is 0 Å². The zero-order valence-electron chi connectivity index (χ0n) is 19.1. The first-order valence-electron chi connectivity index (χ1n) is 12.1. The van der Waals surface area contributed by atoms with Gasteiger partial charge in [-0.1, -0.05) is 0 Å². The van der Waals surface area contributed by atoms with E-state index in [-0.39, 0.29) is 12.0 Å². The van der Waals surface area contributed by atoms with Crippen LogP contribution in [-0.4, -0.2) is 58.3 Å². The largest absolute Gasteiger partial charge is 0.488 e. The summed E-state index contributed by atoms with van der Waals surface area (Å²) in [7, 11) is 0. The summed E-state index contributed by atoms with van der Waals surface area (Å²) in [6, 6.07) is 4.21. The monoisotopic (exact) mass is 460 g/mol. The topological polar surface area (TPSA) is 102 Å². The fourth-order valence-electron chi connectivity index (χ4n) is 5.28. The minimum atomic E-state index is 0.00323. The lowest BCUT2D eigenvalue weighted by atomic mass is 9.83. The van der Waals surface area contributed by atoms with Gasteiger partial charge >= 0.3 is 0 Å². The van der Waals surface area contributed by atoms with Gasteiger partial charge in [-0.2, -0.15) is 0 Å². The lowest BCUT2D eigenvalue weighted by Gasteiger charge is -2.31. The van der Waals surface area contributed by atoms with Crippen LogP contribution in [0, 0.1) is 5.92 Å². The number of ether oxygens (including phenoxy) is 2. The molecule has 9 nitrogen and oxygen atoms in total. The summed E-state index contributed by atoms with van der Waals surface area (Å²) in [5.41, 5.74) is 4.76. The first kappa shape index (κ1) is 21.2. The number of benzene rings is 1. The van der Waals surface area contributed by atoms with Gasteiger partial charge in [0.2, 0.25) is 5.91 Å². The predicted octanol–water partition coefficient (Wildman–Crippen LogP) is 2.93. The highest BCUT2D eigenvalue weighted by molar-refractivity contribution is 5.98. The maximum atomic E-state index is 11.8. The summed E-state index contributed by atoms with van der Waals surface area (Å²) in [5, 5.41) is 2.82. The van der Waals surface area contributed by atoms with Crippen LogP contribution >= 0.6 is 0 Å². The van der Waals surface area contributed by atoms with Gasteiger partial charge < -0.3 is 19.7 Å². The molecule has 0 atom stereocenters. The second-order valence-corrected chi connectivity index (χ2v) is 9.30. The number of hydrogen-bond acceptors (Lipinski definition) is 8. The van der Waals surface area contributed by atoms with Gasteiger partial charge in [0.1, 0.15) is 23.4 Å². The smallest absolute Gasteiger partial charge is 0.230 e. The van der Waals surface area contributed by atoms with Crippen molar-refractivity contribution >= 4 is 28.4 Å². The molecule has 3 aliphatic rings. The molecule has 1 saturated carbocycles. The van der Waals surface area contributed by atoms with Crippen LogP contribution in [0.4, 0.5) is 11.5 Å². The van der Waals surface area contributed by atoms with E-state index in [9.17, 15) is 4.79 Å². The molecule has 9 heteroatoms. The third-order valence-corrected chi connectivity index (χ3v) is 7.10. The van der Waals surface area contributed by atoms with Crippen LogP contribution in [0.1, 0.15) is 36.9 Å². The molecular formula is C25H28N6O3. The van der Waals surface area contributed by atoms with E-state index < -0.39 is 0 Å². The minimum absolute atomic E-state index is 0.00323. The molecule has 4 heterocycles. The van der Waals surface area contributed by atoms with Crippen molar-refractivity contribution in [2.24, 2.45) is 5.92 Å². The molecule has 3 aromatic rings. The Hall–Kier alpha value is -3.33. The molecule has 2 aliphatic heterocycles. The minimum Gasteiger partial charge on any atom is -0.488 e. The van der Waals surface area contributed by atoms with Gasteiger partial charge in [0.05, 0.1) is 31.3 Å². The normalized spacial score (nSPS) is 22.5. The molecule has 1 aromatic carbocycles. The molecule has 0 spiro atoms. The average molecular weight is 461 g/mol. The van der Waals surface area contributed by atoms with Gasteiger partial charge in [-0.3, -0.25) is 9.78 Å². The molecule has 2 aromatic heterocycles. The highest BCUT2D eigenvalue weighted by Gasteiger charge is 2.28. The number of hydrogen-bond donors (Lipinski definition) is 1. The lowest BCUT2D eigenvalue weighted by molar-refractivity contribution is -0.115. The number of amides is 1. The third kappa shape index (κ3) is 4.27. The molecule has 1 N–H and O–H groups in total. The van der Waals surface area contributed by atoms with Crippen molar-refractivity contribution in [1.82, 2.24) is 19.9 Å². The number of morpholine rings is 1. The van der Waals surface area contributed by atoms with Crippen LogP contribution in [0.2, 0.25) is 0 Å². The van der Waals surface area contributed by atoms with E-state index in [0.717, 1.165) is 92.1 Å². The number of nitrogens with one attached hydrogen (secondary N) is 1. The van der Waals surface area contributed by atoms with Gasteiger partial charge in [0, 0.05) is 48.5 Å². The van der Waals surface area contributed by atoms with E-state index in [1.807, 2.05) is 0 Å². The molecule has 1 amide bonds. The maximum Gasteiger partial charge on any atom is 0.230 e. The zero-order valence-corrected chi connectivity index (χ0v) is 19.1. The van der Waals surface area contributed by atoms with Gasteiger partial charge in [0.15, 0.2) is 0 Å². The molecule has 0 radical (unpaired) electrons. The molecule has 0 bridgehead atoms. The Labute approximate surface area is 197 Å². The standard InChI is InChI=1S/C25H28N6O3/c32-23-14-19-20(28-15-29-25(19)30-23)11-16-1-3-18(4-2-16)34-22-13-17(31-7-9-33-10-8-31)12-21-24(22)27-6-5-26-21/h5-6,12-13,15-16,18H,1-4,7-11,14H2,(H,28,29,30,32). The summed E-state index contributed by atoms with van der Waals surface area (Å²) < 4.78 is 12.1. The molecule has 1 saturated heterocycles. The Morgan fingerprint density at radius 1 is 1.03 bits per heavy atom. The fraction of sp³-hybridized carbons (Fsp3) is 0.480. The first-order valence-corrected chi connectivity index (χ1v) is 12.1. The van der Waals surface area contributed by atoms with Crippen LogP contribution in [0.5, 0.6) is 5.75 Å². The number of carbonyl (C=O) groups excluding carboxylic acids is 1. The number of rotatable bonds is 5. The molecule has 6 rings (SSSR count). The molecule has 34 heavy (non-hydrogen) atoms. The summed E-state index contributed by atoms with van der Waals surface area (Å²) in [4.78, 5) is 31.9. The summed E-state index contributed by atoms with van der Waals surface area (Å²) in [6.07, 6.45) is 10.5. The van der Waals surface area contributed by atoms with Crippen molar-refractivity contribution in [1.29, 1.82) is 0 Å². The SMILES string of the molecule is O=C1Cc2c(CC3CCC(Oc4cc(N5CCOCC5)cc5nccnc45)CC3)ncnc2N1. The Morgan fingerprint density at radius 3 is 2.71 bits per heavy atom. The lowest BCUT2D eigenvalue weighted by Crippen LogP contribution is -2.36. The Morgan fingerprint density at radius 2 is 1.85 bits per heavy atom. The van der Waals surface area contributed by atoms with Crippen molar-refractivity contribution in [3.63, 3.8) is 0 Å². The predicted molar refractivity (Wildman–Crippen MR) is 127 cm³/mol. The van der Waals surface area contributed by atoms with Gasteiger partial charge in [-0.25, -0.2) is 15.0 Å². The number of carbonyl (C=O) groups is 1. The van der Waals surface area contributed by atoms with E-state index in [4.69, 9.17) is 9.47 Å². The molecular weight excluding hydrogens is 432 g/mol. The number of fused-ring (bicyclic) bond motifs is 2. The van der Waals surface area contributed by atoms with E-state index in [1.54, 1.807) is 18.7 Å². The van der Waals surface area contributed by atoms with Crippen LogP contribution < -0.4 is 15.0 Å². The molecule has 0 unspecified atom stereocenters. The highest BCUT2D eigenvalue weighted by atomic mass is 16.5. The van der Waals surface area contributed by atoms with Gasteiger partial charge in [0.25, 0.3) is 0 Å². The number of nitrogens with zero attached hydrogens (tertiary/aromatic N) is 5. The van der Waals surface area contributed by atoms with Crippen molar-refractivity contribution < 1.29 is 14.3 Å².